The average molecular weight is 281 g/mol. The largest absolute Gasteiger partial charge is 0.394 e. The third-order valence-corrected chi connectivity index (χ3v) is 4.47. The monoisotopic (exact) mass is 281 g/mol. The van der Waals surface area contributed by atoms with Gasteiger partial charge in [-0.05, 0) is 36.8 Å². The molecule has 1 atom stereocenters. The van der Waals surface area contributed by atoms with E-state index in [2.05, 4.69) is 48.6 Å². The minimum absolute atomic E-state index is 0.0506. The fourth-order valence-electron chi connectivity index (χ4n) is 3.17. The summed E-state index contributed by atoms with van der Waals surface area (Å²) < 4.78 is 0. The lowest BCUT2D eigenvalue weighted by molar-refractivity contribution is 0.197. The molecule has 2 nitrogen and oxygen atoms in total. The lowest BCUT2D eigenvalue weighted by Gasteiger charge is -2.38. The summed E-state index contributed by atoms with van der Waals surface area (Å²) in [6.45, 7) is 2.30. The molecular formula is C19H23NO. The number of nitrogens with one attached hydrogen (secondary N) is 1. The van der Waals surface area contributed by atoms with Gasteiger partial charge in [0.05, 0.1) is 12.6 Å². The Kier molecular flexibility index (Phi) is 4.37. The van der Waals surface area contributed by atoms with Crippen LogP contribution < -0.4 is 5.32 Å². The van der Waals surface area contributed by atoms with E-state index in [-0.39, 0.29) is 12.6 Å². The van der Waals surface area contributed by atoms with Gasteiger partial charge in [-0.2, -0.15) is 0 Å². The second-order valence-electron chi connectivity index (χ2n) is 6.09. The molecule has 3 rings (SSSR count). The fraction of sp³-hybridized carbons (Fsp3) is 0.368. The van der Waals surface area contributed by atoms with Crippen LogP contribution in [0.15, 0.2) is 54.6 Å². The van der Waals surface area contributed by atoms with Crippen LogP contribution in [0.4, 0.5) is 0 Å². The highest BCUT2D eigenvalue weighted by Gasteiger charge is 2.31. The van der Waals surface area contributed by atoms with Crippen molar-refractivity contribution < 1.29 is 5.11 Å². The number of aliphatic hydroxyl groups excluding tert-OH is 1. The predicted molar refractivity (Wildman–Crippen MR) is 86.3 cm³/mol. The van der Waals surface area contributed by atoms with Crippen molar-refractivity contribution in [1.82, 2.24) is 5.32 Å². The molecule has 2 N–H and O–H groups in total. The van der Waals surface area contributed by atoms with Gasteiger partial charge in [0.15, 0.2) is 0 Å². The molecule has 1 fully saturated rings. The summed E-state index contributed by atoms with van der Waals surface area (Å²) in [6, 6.07) is 19.6. The minimum Gasteiger partial charge on any atom is -0.394 e. The molecule has 0 aromatic heterocycles. The van der Waals surface area contributed by atoms with Crippen LogP contribution in [0.2, 0.25) is 0 Å². The molecule has 110 valence electrons. The normalized spacial score (nSPS) is 22.6. The van der Waals surface area contributed by atoms with Crippen molar-refractivity contribution in [2.45, 2.75) is 37.8 Å². The van der Waals surface area contributed by atoms with Crippen molar-refractivity contribution >= 4 is 0 Å². The van der Waals surface area contributed by atoms with Crippen molar-refractivity contribution in [2.24, 2.45) is 0 Å². The van der Waals surface area contributed by atoms with Crippen molar-refractivity contribution in [2.75, 3.05) is 6.61 Å². The van der Waals surface area contributed by atoms with Crippen LogP contribution in [-0.2, 0) is 0 Å². The predicted octanol–water partition coefficient (Wildman–Crippen LogP) is 3.56. The standard InChI is InChI=1S/C19H23NO/c1-14-6-5-9-16(10-14)17-11-18(12-17)20-19(13-21)15-7-3-2-4-8-15/h2-10,17-21H,11-13H2,1H3/t17?,18?,19-/m1/s1. The molecule has 0 heterocycles. The number of benzene rings is 2. The molecule has 0 unspecified atom stereocenters. The Morgan fingerprint density at radius 2 is 1.86 bits per heavy atom. The van der Waals surface area contributed by atoms with E-state index in [0.29, 0.717) is 12.0 Å². The van der Waals surface area contributed by atoms with E-state index in [0.717, 1.165) is 12.8 Å². The van der Waals surface area contributed by atoms with Gasteiger partial charge in [0.1, 0.15) is 0 Å². The molecule has 0 radical (unpaired) electrons. The van der Waals surface area contributed by atoms with E-state index in [9.17, 15) is 5.11 Å². The zero-order valence-corrected chi connectivity index (χ0v) is 12.5. The summed E-state index contributed by atoms with van der Waals surface area (Å²) in [5, 5.41) is 13.2. The molecule has 2 aromatic carbocycles. The molecule has 2 heteroatoms. The summed E-state index contributed by atoms with van der Waals surface area (Å²) in [6.07, 6.45) is 2.32. The van der Waals surface area contributed by atoms with Gasteiger partial charge in [0, 0.05) is 6.04 Å². The topological polar surface area (TPSA) is 32.3 Å². The fourth-order valence-corrected chi connectivity index (χ4v) is 3.17. The van der Waals surface area contributed by atoms with Gasteiger partial charge in [-0.15, -0.1) is 0 Å². The quantitative estimate of drug-likeness (QED) is 0.878. The molecule has 1 aliphatic rings. The Balaban J connectivity index is 1.57. The zero-order chi connectivity index (χ0) is 14.7. The summed E-state index contributed by atoms with van der Waals surface area (Å²) in [4.78, 5) is 0. The Morgan fingerprint density at radius 1 is 1.10 bits per heavy atom. The number of rotatable bonds is 5. The Morgan fingerprint density at radius 3 is 2.52 bits per heavy atom. The summed E-state index contributed by atoms with van der Waals surface area (Å²) in [5.41, 5.74) is 3.95. The Labute approximate surface area is 126 Å². The smallest absolute Gasteiger partial charge is 0.0626 e. The Bertz CT molecular complexity index is 575. The maximum Gasteiger partial charge on any atom is 0.0626 e. The first-order chi connectivity index (χ1) is 10.3. The van der Waals surface area contributed by atoms with Gasteiger partial charge < -0.3 is 10.4 Å². The highest BCUT2D eigenvalue weighted by molar-refractivity contribution is 5.28. The summed E-state index contributed by atoms with van der Waals surface area (Å²) in [5.74, 6) is 0.664. The van der Waals surface area contributed by atoms with Crippen LogP contribution in [0.5, 0.6) is 0 Å². The van der Waals surface area contributed by atoms with Gasteiger partial charge in [-0.25, -0.2) is 0 Å². The highest BCUT2D eigenvalue weighted by atomic mass is 16.3. The third kappa shape index (κ3) is 3.34. The van der Waals surface area contributed by atoms with Gasteiger partial charge >= 0.3 is 0 Å². The third-order valence-electron chi connectivity index (χ3n) is 4.47. The number of hydrogen-bond donors (Lipinski definition) is 2. The van der Waals surface area contributed by atoms with Crippen LogP contribution in [-0.4, -0.2) is 17.8 Å². The van der Waals surface area contributed by atoms with Gasteiger partial charge in [-0.1, -0.05) is 60.2 Å². The van der Waals surface area contributed by atoms with E-state index < -0.39 is 0 Å². The van der Waals surface area contributed by atoms with Crippen LogP contribution in [0, 0.1) is 6.92 Å². The molecule has 0 saturated heterocycles. The lowest BCUT2D eigenvalue weighted by atomic mass is 9.75. The van der Waals surface area contributed by atoms with Crippen molar-refractivity contribution in [3.63, 3.8) is 0 Å². The van der Waals surface area contributed by atoms with E-state index in [4.69, 9.17) is 0 Å². The number of aryl methyl sites for hydroxylation is 1. The first-order valence-electron chi connectivity index (χ1n) is 7.74. The van der Waals surface area contributed by atoms with Gasteiger partial charge in [0.25, 0.3) is 0 Å². The first kappa shape index (κ1) is 14.3. The summed E-state index contributed by atoms with van der Waals surface area (Å²) >= 11 is 0. The maximum atomic E-state index is 9.60. The van der Waals surface area contributed by atoms with E-state index in [1.807, 2.05) is 18.2 Å². The van der Waals surface area contributed by atoms with Crippen molar-refractivity contribution in [3.8, 4) is 0 Å². The second kappa shape index (κ2) is 6.42. The highest BCUT2D eigenvalue weighted by Crippen LogP contribution is 2.38. The zero-order valence-electron chi connectivity index (χ0n) is 12.5. The lowest BCUT2D eigenvalue weighted by Crippen LogP contribution is -2.43. The average Bonchev–Trinajstić information content (AvgIpc) is 2.47. The van der Waals surface area contributed by atoms with Crippen molar-refractivity contribution in [3.05, 3.63) is 71.3 Å². The molecule has 0 spiro atoms. The molecule has 0 bridgehead atoms. The molecule has 1 aliphatic carbocycles. The second-order valence-corrected chi connectivity index (χ2v) is 6.09. The minimum atomic E-state index is 0.0506. The number of aliphatic hydroxyl groups is 1. The van der Waals surface area contributed by atoms with Gasteiger partial charge in [-0.3, -0.25) is 0 Å². The molecule has 21 heavy (non-hydrogen) atoms. The Hall–Kier alpha value is -1.64. The molecule has 0 amide bonds. The maximum absolute atomic E-state index is 9.60. The van der Waals surface area contributed by atoms with E-state index in [1.54, 1.807) is 0 Å². The van der Waals surface area contributed by atoms with Gasteiger partial charge in [0.2, 0.25) is 0 Å². The molecular weight excluding hydrogens is 258 g/mol. The van der Waals surface area contributed by atoms with E-state index >= 15 is 0 Å². The molecule has 0 aliphatic heterocycles. The van der Waals surface area contributed by atoms with Crippen molar-refractivity contribution in [1.29, 1.82) is 0 Å². The number of hydrogen-bond acceptors (Lipinski definition) is 2. The summed E-state index contributed by atoms with van der Waals surface area (Å²) in [7, 11) is 0. The van der Waals surface area contributed by atoms with Crippen LogP contribution in [0.25, 0.3) is 0 Å². The van der Waals surface area contributed by atoms with E-state index in [1.165, 1.54) is 16.7 Å². The van der Waals surface area contributed by atoms with Crippen LogP contribution in [0.1, 0.15) is 41.5 Å². The first-order valence-corrected chi connectivity index (χ1v) is 7.74. The van der Waals surface area contributed by atoms with Crippen LogP contribution >= 0.6 is 0 Å². The SMILES string of the molecule is Cc1cccc(C2CC(N[C@H](CO)c3ccccc3)C2)c1. The molecule has 1 saturated carbocycles. The van der Waals surface area contributed by atoms with Crippen LogP contribution in [0.3, 0.4) is 0 Å². The molecule has 2 aromatic rings.